The summed E-state index contributed by atoms with van der Waals surface area (Å²) in [4.78, 5) is 0. The molecular formula is C23H34O2. The molecular weight excluding hydrogens is 308 g/mol. The molecule has 0 saturated carbocycles. The van der Waals surface area contributed by atoms with Crippen LogP contribution in [0.1, 0.15) is 70.8 Å². The van der Waals surface area contributed by atoms with Gasteiger partial charge in [-0.2, -0.15) is 0 Å². The zero-order valence-corrected chi connectivity index (χ0v) is 16.3. The molecule has 0 spiro atoms. The van der Waals surface area contributed by atoms with E-state index < -0.39 is 0 Å². The number of ether oxygens (including phenoxy) is 2. The second-order valence-electron chi connectivity index (χ2n) is 6.89. The fourth-order valence-electron chi connectivity index (χ4n) is 3.16. The number of fused-ring (bicyclic) bond motifs is 1. The van der Waals surface area contributed by atoms with Gasteiger partial charge in [-0.25, -0.2) is 0 Å². The molecule has 0 aliphatic carbocycles. The van der Waals surface area contributed by atoms with E-state index in [4.69, 9.17) is 9.47 Å². The maximum atomic E-state index is 6.23. The summed E-state index contributed by atoms with van der Waals surface area (Å²) in [5.41, 5.74) is 1.16. The Balaban J connectivity index is 2.12. The summed E-state index contributed by atoms with van der Waals surface area (Å²) in [6, 6.07) is 10.7. The molecule has 0 aliphatic heterocycles. The van der Waals surface area contributed by atoms with Crippen molar-refractivity contribution in [1.82, 2.24) is 0 Å². The average Bonchev–Trinajstić information content (AvgIpc) is 2.62. The second kappa shape index (κ2) is 11.0. The first-order valence-electron chi connectivity index (χ1n) is 10.1. The van der Waals surface area contributed by atoms with E-state index in [0.717, 1.165) is 48.5 Å². The lowest BCUT2D eigenvalue weighted by Crippen LogP contribution is -2.05. The van der Waals surface area contributed by atoms with Crippen LogP contribution in [0.4, 0.5) is 0 Å². The fourth-order valence-corrected chi connectivity index (χ4v) is 3.16. The Morgan fingerprint density at radius 1 is 0.720 bits per heavy atom. The van der Waals surface area contributed by atoms with E-state index in [1.807, 2.05) is 0 Å². The van der Waals surface area contributed by atoms with Gasteiger partial charge in [0, 0.05) is 5.39 Å². The van der Waals surface area contributed by atoms with Crippen molar-refractivity contribution in [2.75, 3.05) is 13.2 Å². The van der Waals surface area contributed by atoms with Gasteiger partial charge in [-0.1, -0.05) is 76.6 Å². The Hall–Kier alpha value is -1.70. The predicted octanol–water partition coefficient (Wildman–Crippen LogP) is 7.07. The summed E-state index contributed by atoms with van der Waals surface area (Å²) in [6.07, 6.45) is 9.73. The van der Waals surface area contributed by atoms with E-state index in [1.54, 1.807) is 0 Å². The van der Waals surface area contributed by atoms with Gasteiger partial charge in [0.05, 0.1) is 13.2 Å². The minimum atomic E-state index is 0.764. The lowest BCUT2D eigenvalue weighted by molar-refractivity contribution is 0.260. The zero-order chi connectivity index (χ0) is 17.9. The molecule has 0 amide bonds. The van der Waals surface area contributed by atoms with Crippen molar-refractivity contribution in [2.45, 2.75) is 72.1 Å². The smallest absolute Gasteiger partial charge is 0.169 e. The minimum Gasteiger partial charge on any atom is -0.489 e. The van der Waals surface area contributed by atoms with Crippen LogP contribution in [-0.4, -0.2) is 13.2 Å². The molecule has 2 aromatic carbocycles. The zero-order valence-electron chi connectivity index (χ0n) is 16.3. The Labute approximate surface area is 153 Å². The molecule has 0 fully saturated rings. The van der Waals surface area contributed by atoms with Crippen LogP contribution in [0.5, 0.6) is 11.5 Å². The van der Waals surface area contributed by atoms with Gasteiger partial charge in [0.15, 0.2) is 11.5 Å². The molecule has 2 rings (SSSR count). The van der Waals surface area contributed by atoms with Crippen LogP contribution in [0, 0.1) is 6.92 Å². The minimum absolute atomic E-state index is 0.764. The fraction of sp³-hybridized carbons (Fsp3) is 0.565. The monoisotopic (exact) mass is 342 g/mol. The van der Waals surface area contributed by atoms with E-state index in [0.29, 0.717) is 0 Å². The Bertz CT molecular complexity index is 633. The largest absolute Gasteiger partial charge is 0.489 e. The molecule has 25 heavy (non-hydrogen) atoms. The average molecular weight is 343 g/mol. The van der Waals surface area contributed by atoms with Crippen molar-refractivity contribution in [3.8, 4) is 11.5 Å². The van der Waals surface area contributed by atoms with Crippen LogP contribution in [0.3, 0.4) is 0 Å². The van der Waals surface area contributed by atoms with Gasteiger partial charge in [0.2, 0.25) is 0 Å². The van der Waals surface area contributed by atoms with Crippen LogP contribution in [0.15, 0.2) is 30.3 Å². The number of rotatable bonds is 12. The Morgan fingerprint density at radius 3 is 1.96 bits per heavy atom. The number of hydrogen-bond donors (Lipinski definition) is 0. The lowest BCUT2D eigenvalue weighted by Gasteiger charge is -2.18. The molecule has 0 radical (unpaired) electrons. The topological polar surface area (TPSA) is 18.5 Å². The van der Waals surface area contributed by atoms with Crippen molar-refractivity contribution < 1.29 is 9.47 Å². The SMILES string of the molecule is CCCCCCOc1c(C)cc2ccccc2c1OCCCCCC. The number of benzene rings is 2. The first-order chi connectivity index (χ1) is 12.3. The highest BCUT2D eigenvalue weighted by Crippen LogP contribution is 2.39. The number of aryl methyl sites for hydroxylation is 1. The van der Waals surface area contributed by atoms with Crippen LogP contribution in [0.25, 0.3) is 10.8 Å². The van der Waals surface area contributed by atoms with Crippen molar-refractivity contribution in [1.29, 1.82) is 0 Å². The van der Waals surface area contributed by atoms with Gasteiger partial charge in [-0.3, -0.25) is 0 Å². The van der Waals surface area contributed by atoms with Gasteiger partial charge < -0.3 is 9.47 Å². The molecule has 0 aliphatic rings. The summed E-state index contributed by atoms with van der Waals surface area (Å²) >= 11 is 0. The molecule has 138 valence electrons. The molecule has 0 aromatic heterocycles. The van der Waals surface area contributed by atoms with E-state index in [9.17, 15) is 0 Å². The summed E-state index contributed by atoms with van der Waals surface area (Å²) in [6.45, 7) is 8.13. The highest BCUT2D eigenvalue weighted by atomic mass is 16.5. The van der Waals surface area contributed by atoms with Gasteiger partial charge in [-0.05, 0) is 36.8 Å². The van der Waals surface area contributed by atoms with Gasteiger partial charge in [-0.15, -0.1) is 0 Å². The van der Waals surface area contributed by atoms with Crippen molar-refractivity contribution in [3.63, 3.8) is 0 Å². The quantitative estimate of drug-likeness (QED) is 0.384. The normalized spacial score (nSPS) is 11.0. The second-order valence-corrected chi connectivity index (χ2v) is 6.89. The van der Waals surface area contributed by atoms with E-state index >= 15 is 0 Å². The number of hydrogen-bond acceptors (Lipinski definition) is 2. The lowest BCUT2D eigenvalue weighted by atomic mass is 10.1. The van der Waals surface area contributed by atoms with Gasteiger partial charge in [0.1, 0.15) is 0 Å². The van der Waals surface area contributed by atoms with E-state index in [1.165, 1.54) is 43.9 Å². The van der Waals surface area contributed by atoms with Crippen molar-refractivity contribution in [2.24, 2.45) is 0 Å². The number of unbranched alkanes of at least 4 members (excludes halogenated alkanes) is 6. The van der Waals surface area contributed by atoms with E-state index in [2.05, 4.69) is 51.1 Å². The molecule has 0 atom stereocenters. The van der Waals surface area contributed by atoms with E-state index in [-0.39, 0.29) is 0 Å². The molecule has 0 saturated heterocycles. The van der Waals surface area contributed by atoms with Crippen molar-refractivity contribution >= 4 is 10.8 Å². The molecule has 0 unspecified atom stereocenters. The Morgan fingerprint density at radius 2 is 1.32 bits per heavy atom. The summed E-state index contributed by atoms with van der Waals surface area (Å²) in [5, 5.41) is 2.38. The maximum absolute atomic E-state index is 6.23. The molecule has 2 aromatic rings. The molecule has 2 nitrogen and oxygen atoms in total. The van der Waals surface area contributed by atoms with Crippen LogP contribution in [-0.2, 0) is 0 Å². The third kappa shape index (κ3) is 5.95. The van der Waals surface area contributed by atoms with Gasteiger partial charge >= 0.3 is 0 Å². The first kappa shape index (κ1) is 19.6. The predicted molar refractivity (Wildman–Crippen MR) is 108 cm³/mol. The summed E-state index contributed by atoms with van der Waals surface area (Å²) in [5.74, 6) is 1.87. The summed E-state index contributed by atoms with van der Waals surface area (Å²) < 4.78 is 12.4. The third-order valence-electron chi connectivity index (χ3n) is 4.63. The maximum Gasteiger partial charge on any atom is 0.169 e. The molecule has 0 N–H and O–H groups in total. The van der Waals surface area contributed by atoms with Crippen LogP contribution < -0.4 is 9.47 Å². The van der Waals surface area contributed by atoms with Crippen LogP contribution in [0.2, 0.25) is 0 Å². The van der Waals surface area contributed by atoms with Crippen molar-refractivity contribution in [3.05, 3.63) is 35.9 Å². The molecule has 0 bridgehead atoms. The molecule has 0 heterocycles. The Kier molecular flexibility index (Phi) is 8.65. The molecule has 2 heteroatoms. The van der Waals surface area contributed by atoms with Gasteiger partial charge in [0.25, 0.3) is 0 Å². The van der Waals surface area contributed by atoms with Crippen LogP contribution >= 0.6 is 0 Å². The highest BCUT2D eigenvalue weighted by molar-refractivity contribution is 5.91. The first-order valence-corrected chi connectivity index (χ1v) is 10.1. The standard InChI is InChI=1S/C23H34O2/c1-4-6-8-12-16-24-22-19(3)18-20-14-10-11-15-21(20)23(22)25-17-13-9-7-5-2/h10-11,14-15,18H,4-9,12-13,16-17H2,1-3H3. The highest BCUT2D eigenvalue weighted by Gasteiger charge is 2.14. The third-order valence-corrected chi connectivity index (χ3v) is 4.63. The summed E-state index contributed by atoms with van der Waals surface area (Å²) in [7, 11) is 0.